The van der Waals surface area contributed by atoms with Crippen LogP contribution in [0.3, 0.4) is 0 Å². The molecule has 4 N–H and O–H groups in total. The molecule has 10 fully saturated rings. The first-order chi connectivity index (χ1) is 69.9. The van der Waals surface area contributed by atoms with Gasteiger partial charge in [0.2, 0.25) is 47.3 Å². The molecule has 10 heterocycles. The lowest BCUT2D eigenvalue weighted by Gasteiger charge is -2.42. The van der Waals surface area contributed by atoms with Crippen LogP contribution in [0.15, 0.2) is 71.9 Å². The molecule has 2 aliphatic carbocycles. The van der Waals surface area contributed by atoms with Crippen LogP contribution in [0.4, 0.5) is 21.0 Å². The molecule has 2 aromatic carbocycles. The van der Waals surface area contributed by atoms with Crippen molar-refractivity contribution >= 4 is 165 Å². The fourth-order valence-corrected chi connectivity index (χ4v) is 23.5. The van der Waals surface area contributed by atoms with Crippen LogP contribution >= 0.6 is 46.7 Å². The first-order valence-electron chi connectivity index (χ1n) is 49.7. The summed E-state index contributed by atoms with van der Waals surface area (Å²) in [6.07, 6.45) is 4.08. The first-order valence-corrected chi connectivity index (χ1v) is 52.6. The minimum atomic E-state index is -1.89. The fourth-order valence-electron chi connectivity index (χ4n) is 20.6. The molecule has 8 saturated heterocycles. The highest BCUT2D eigenvalue weighted by Crippen LogP contribution is 2.53. The molecule has 14 amide bonds. The summed E-state index contributed by atoms with van der Waals surface area (Å²) in [6.45, 7) is 14.0. The highest BCUT2D eigenvalue weighted by Gasteiger charge is 2.67. The van der Waals surface area contributed by atoms with E-state index in [0.717, 1.165) is 22.3 Å². The predicted molar refractivity (Wildman–Crippen MR) is 532 cm³/mol. The molecule has 2 saturated carbocycles. The standard InChI is InChI=1S/2C51H66ClN5O16S/c2*1-27-10-9-11-37(69-8)51(67)25-35(70-49(66)53-51)28(2)45-50(4,72-45)38(24-42(61)55(6)33-21-31(20-27)22-34(68-7)44(33)52)71-47(64)29(3)54(5)39(58)18-19-74-36-23-43(62)56(46(36)63)26-30-12-14-32(15-13-30)48(65)73-57-40(59)16-17-41(57)60/h2*9-11,21-22,28-30,32,35-38,45,67H,12-20,23-26H2,1-8H3,(H,53,66)/b2*11-9+,27-10+/t28-,29+,30?,32?,35+,36+,37-,38+,45+,50+,51+;28-,29+,30?,32?,35+,36-,37-,38+,45+,50+,51+/m11/s1. The molecular weight excluding hydrogens is 2010 g/mol. The van der Waals surface area contributed by atoms with Gasteiger partial charge in [-0.15, -0.1) is 33.7 Å². The number of fused-ring (bicyclic) bond motifs is 10. The number of ether oxygens (including phenoxy) is 10. The molecule has 46 heteroatoms. The summed E-state index contributed by atoms with van der Waals surface area (Å²) in [6, 6.07) is 4.73. The molecular formula is C102H132Cl2N10O32S2. The smallest absolute Gasteiger partial charge is 0.409 e. The number of esters is 2. The maximum Gasteiger partial charge on any atom is 0.409 e. The average molecular weight is 2150 g/mol. The molecule has 0 unspecified atom stereocenters. The van der Waals surface area contributed by atoms with Crippen LogP contribution in [0, 0.1) is 35.5 Å². The van der Waals surface area contributed by atoms with E-state index in [1.54, 1.807) is 76.3 Å². The number of hydroxylamine groups is 4. The maximum absolute atomic E-state index is 14.4. The second-order valence-corrected chi connectivity index (χ2v) is 43.9. The van der Waals surface area contributed by atoms with E-state index in [0.29, 0.717) is 97.2 Å². The van der Waals surface area contributed by atoms with Gasteiger partial charge in [0.15, 0.2) is 11.4 Å². The normalized spacial score (nSPS) is 32.2. The number of anilines is 2. The van der Waals surface area contributed by atoms with E-state index in [9.17, 15) is 96.5 Å². The zero-order valence-corrected chi connectivity index (χ0v) is 89.0. The summed E-state index contributed by atoms with van der Waals surface area (Å²) in [7, 11) is 11.7. The Morgan fingerprint density at radius 2 is 0.851 bits per heavy atom. The Labute approximate surface area is 875 Å². The number of allylic oxidation sites excluding steroid dienone is 6. The number of nitrogens with one attached hydrogen (secondary N) is 2. The van der Waals surface area contributed by atoms with E-state index in [4.69, 9.17) is 80.2 Å². The van der Waals surface area contributed by atoms with Gasteiger partial charge in [0.25, 0.3) is 23.6 Å². The molecule has 18 atom stereocenters. The lowest BCUT2D eigenvalue weighted by molar-refractivity contribution is -0.201. The third-order valence-corrected chi connectivity index (χ3v) is 33.5. The van der Waals surface area contributed by atoms with Crippen LogP contribution in [0.5, 0.6) is 11.5 Å². The molecule has 14 rings (SSSR count). The number of likely N-dealkylation sites (N-methyl/N-ethyl adjacent to an activating group) is 2. The van der Waals surface area contributed by atoms with Crippen LogP contribution in [0.2, 0.25) is 10.0 Å². The monoisotopic (exact) mass is 2140 g/mol. The third-order valence-electron chi connectivity index (χ3n) is 30.3. The van der Waals surface area contributed by atoms with Gasteiger partial charge in [-0.05, 0) is 153 Å². The van der Waals surface area contributed by atoms with E-state index in [-0.39, 0.29) is 134 Å². The lowest BCUT2D eigenvalue weighted by atomic mass is 9.82. The van der Waals surface area contributed by atoms with Gasteiger partial charge in [-0.25, -0.2) is 28.8 Å². The SMILES string of the molecule is COc1cc2cc(c1Cl)N(C)C(=O)C[C@H](OC(=O)[C@H](C)N(C)C(=O)CCS[C@@H]1CC(=O)N(CC3CCC(C(=O)ON4C(=O)CCC4=O)CC3)C1=O)[C@]1(C)O[C@H]1[C@H](C)[C@@H]1C[C@@](O)(NC(=O)O1)[C@H](OC)/C=C/C=C(\C)C2.COc1cc2cc(c1Cl)N(C)C(=O)C[C@H](OC(=O)[C@H](C)N(C)C(=O)CCS[C@H]1CC(=O)N(CC3CCC(C(=O)ON4C(=O)CCC4=O)CC3)C1=O)[C@]1(C)O[C@H]1[C@H](C)[C@@H]1C[C@@](O)(NC(=O)O1)[C@H](OC)/C=C/C=C(\C)C2. The second-order valence-electron chi connectivity index (χ2n) is 40.5. The first kappa shape index (κ1) is 114. The number of hydrogen-bond donors (Lipinski definition) is 4. The van der Waals surface area contributed by atoms with Gasteiger partial charge >= 0.3 is 36.1 Å². The van der Waals surface area contributed by atoms with Crippen LogP contribution < -0.4 is 29.9 Å². The number of carbonyl (C=O) groups excluding carboxylic acids is 18. The zero-order valence-electron chi connectivity index (χ0n) is 85.8. The van der Waals surface area contributed by atoms with Crippen molar-refractivity contribution in [3.63, 3.8) is 0 Å². The molecule has 808 valence electrons. The Morgan fingerprint density at radius 3 is 1.18 bits per heavy atom. The zero-order chi connectivity index (χ0) is 108. The van der Waals surface area contributed by atoms with Crippen molar-refractivity contribution in [3.8, 4) is 11.5 Å². The Kier molecular flexibility index (Phi) is 37.0. The summed E-state index contributed by atoms with van der Waals surface area (Å²) in [5, 5.41) is 28.7. The maximum atomic E-state index is 14.4. The quantitative estimate of drug-likeness (QED) is 0.0297. The largest absolute Gasteiger partial charge is 0.495 e. The number of methoxy groups -OCH3 is 4. The topological polar surface area (TPSA) is 515 Å². The molecule has 148 heavy (non-hydrogen) atoms. The van der Waals surface area contributed by atoms with Gasteiger partial charge in [0.1, 0.15) is 81.5 Å². The number of rotatable bonds is 26. The summed E-state index contributed by atoms with van der Waals surface area (Å²) >= 11 is 16.0. The highest BCUT2D eigenvalue weighted by molar-refractivity contribution is 8.00. The van der Waals surface area contributed by atoms with E-state index >= 15 is 0 Å². The number of hydrogen-bond acceptors (Lipinski definition) is 34. The summed E-state index contributed by atoms with van der Waals surface area (Å²) in [5.41, 5.74) is -2.45. The molecule has 10 aliphatic heterocycles. The van der Waals surface area contributed by atoms with Crippen molar-refractivity contribution in [2.24, 2.45) is 35.5 Å². The number of thioether (sulfide) groups is 2. The van der Waals surface area contributed by atoms with Gasteiger partial charge in [0, 0.05) is 143 Å². The average Bonchev–Trinajstić information content (AvgIpc) is 1.57. The van der Waals surface area contributed by atoms with Crippen LogP contribution in [0.1, 0.15) is 195 Å². The Hall–Kier alpha value is -11.1. The number of alkyl carbamates (subject to hydrolysis) is 2. The fraction of sp³-hybridized carbons (Fsp3) is 0.627. The number of amides is 14. The minimum absolute atomic E-state index is 0.00240. The Bertz CT molecular complexity index is 5270. The van der Waals surface area contributed by atoms with Crippen molar-refractivity contribution in [2.45, 2.75) is 291 Å². The van der Waals surface area contributed by atoms with Crippen molar-refractivity contribution in [1.82, 2.24) is 40.4 Å². The molecule has 0 radical (unpaired) electrons. The minimum Gasteiger partial charge on any atom is -0.495 e. The summed E-state index contributed by atoms with van der Waals surface area (Å²) in [5.74, 6) is -9.87. The van der Waals surface area contributed by atoms with Crippen molar-refractivity contribution in [3.05, 3.63) is 93.0 Å². The van der Waals surface area contributed by atoms with E-state index in [1.165, 1.54) is 123 Å². The molecule has 0 aromatic heterocycles. The van der Waals surface area contributed by atoms with E-state index in [2.05, 4.69) is 10.6 Å². The van der Waals surface area contributed by atoms with Crippen LogP contribution in [0.25, 0.3) is 0 Å². The number of benzene rings is 2. The molecule has 42 nitrogen and oxygen atoms in total. The van der Waals surface area contributed by atoms with E-state index < -0.39 is 214 Å². The van der Waals surface area contributed by atoms with Crippen LogP contribution in [-0.2, 0) is 137 Å². The summed E-state index contributed by atoms with van der Waals surface area (Å²) < 4.78 is 58.8. The lowest BCUT2D eigenvalue weighted by Crippen LogP contribution is -2.63. The number of aliphatic hydroxyl groups is 2. The number of imide groups is 4. The third kappa shape index (κ3) is 26.0. The van der Waals surface area contributed by atoms with Gasteiger partial charge in [-0.3, -0.25) is 78.0 Å². The molecule has 12 aliphatic rings. The Balaban J connectivity index is 0.000000247. The molecule has 8 bridgehead atoms. The van der Waals surface area contributed by atoms with Crippen molar-refractivity contribution in [1.29, 1.82) is 0 Å². The second kappa shape index (κ2) is 48.0. The van der Waals surface area contributed by atoms with Crippen molar-refractivity contribution < 1.29 is 154 Å². The van der Waals surface area contributed by atoms with Gasteiger partial charge < -0.3 is 86.9 Å². The molecule has 2 aromatic rings. The van der Waals surface area contributed by atoms with Gasteiger partial charge in [-0.2, -0.15) is 0 Å². The number of epoxide rings is 2. The Morgan fingerprint density at radius 1 is 0.507 bits per heavy atom. The number of likely N-dealkylation sites (tertiary alicyclic amines) is 2. The predicted octanol–water partition coefficient (Wildman–Crippen LogP) is 8.36. The highest BCUT2D eigenvalue weighted by atomic mass is 35.5. The van der Waals surface area contributed by atoms with E-state index in [1.807, 2.05) is 26.0 Å². The number of nitrogens with zero attached hydrogens (tertiary/aromatic N) is 8. The molecule has 0 spiro atoms. The number of halogens is 2. The number of carbonyl (C=O) groups is 18. The van der Waals surface area contributed by atoms with Crippen LogP contribution in [-0.4, -0.2) is 322 Å². The summed E-state index contributed by atoms with van der Waals surface area (Å²) in [4.78, 5) is 254. The van der Waals surface area contributed by atoms with Gasteiger partial charge in [-0.1, -0.05) is 84.7 Å². The van der Waals surface area contributed by atoms with Crippen molar-refractivity contribution in [2.75, 3.05) is 91.0 Å². The van der Waals surface area contributed by atoms with Gasteiger partial charge in [0.05, 0.1) is 73.0 Å².